The van der Waals surface area contributed by atoms with Crippen LogP contribution in [0.1, 0.15) is 19.3 Å². The lowest BCUT2D eigenvalue weighted by atomic mass is 9.81. The maximum Gasteiger partial charge on any atom is 0.233 e. The van der Waals surface area contributed by atoms with Crippen LogP contribution in [0.4, 0.5) is 0 Å². The number of alkyl halides is 2. The fraction of sp³-hybridized carbons (Fsp3) is 0.857. The van der Waals surface area contributed by atoms with E-state index in [0.29, 0.717) is 28.0 Å². The van der Waals surface area contributed by atoms with E-state index in [1.165, 1.54) is 4.90 Å². The molecule has 4 rings (SSSR count). The van der Waals surface area contributed by atoms with Gasteiger partial charge in [-0.3, -0.25) is 14.5 Å². The van der Waals surface area contributed by atoms with E-state index >= 15 is 0 Å². The Bertz CT molecular complexity index is 433. The van der Waals surface area contributed by atoms with Crippen LogP contribution < -0.4 is 0 Å². The zero-order valence-electron chi connectivity index (χ0n) is 11.0. The number of carbonyl (C=O) groups excluding carboxylic acids is 2. The van der Waals surface area contributed by atoms with Crippen molar-refractivity contribution >= 4 is 43.7 Å². The van der Waals surface area contributed by atoms with E-state index in [-0.39, 0.29) is 29.8 Å². The maximum atomic E-state index is 12.6. The third-order valence-corrected chi connectivity index (χ3v) is 8.70. The molecule has 2 amide bonds. The zero-order valence-corrected chi connectivity index (χ0v) is 14.2. The number of nitrogens with zero attached hydrogens (tertiary/aromatic N) is 1. The molecule has 4 nitrogen and oxygen atoms in total. The van der Waals surface area contributed by atoms with E-state index in [1.807, 2.05) is 0 Å². The van der Waals surface area contributed by atoms with Crippen LogP contribution in [-0.4, -0.2) is 45.6 Å². The number of ether oxygens (including phenoxy) is 1. The van der Waals surface area contributed by atoms with Crippen molar-refractivity contribution < 1.29 is 14.3 Å². The second-order valence-electron chi connectivity index (χ2n) is 6.43. The van der Waals surface area contributed by atoms with Crippen molar-refractivity contribution in [1.29, 1.82) is 0 Å². The molecule has 6 heteroatoms. The molecule has 0 aromatic carbocycles. The summed E-state index contributed by atoms with van der Waals surface area (Å²) in [6, 6.07) is 0. The first-order valence-corrected chi connectivity index (χ1v) is 9.17. The number of hydrogen-bond acceptors (Lipinski definition) is 3. The van der Waals surface area contributed by atoms with Gasteiger partial charge in [0, 0.05) is 16.3 Å². The average molecular weight is 407 g/mol. The first kappa shape index (κ1) is 13.7. The highest BCUT2D eigenvalue weighted by Gasteiger charge is 2.66. The molecule has 2 saturated heterocycles. The molecule has 2 aliphatic carbocycles. The minimum absolute atomic E-state index is 0.0480. The third kappa shape index (κ3) is 1.73. The van der Waals surface area contributed by atoms with Gasteiger partial charge >= 0.3 is 0 Å². The van der Waals surface area contributed by atoms with Crippen molar-refractivity contribution in [2.75, 3.05) is 13.2 Å². The molecule has 7 atom stereocenters. The molecule has 4 fully saturated rings. The smallest absolute Gasteiger partial charge is 0.233 e. The standard InChI is InChI=1S/C14H17Br2NO3/c15-11-7-4-8(12(11)16)10-9(7)13(18)17(14(10)19)5-6-2-1-3-20-6/h6-12H,1-5H2/t6-,7+,8+,9-,10+,11-,12+/m0/s1. The zero-order chi connectivity index (χ0) is 14.0. The quantitative estimate of drug-likeness (QED) is 0.520. The van der Waals surface area contributed by atoms with Crippen LogP contribution in [0.15, 0.2) is 0 Å². The summed E-state index contributed by atoms with van der Waals surface area (Å²) in [7, 11) is 0. The summed E-state index contributed by atoms with van der Waals surface area (Å²) in [5, 5.41) is 0. The SMILES string of the molecule is O=C1[C@@H]2[C@H]3C[C@@H]([C@H](Br)[C@@H]3Br)[C@@H]2C(=O)N1C[C@@H]1CCCO1. The van der Waals surface area contributed by atoms with Crippen LogP contribution >= 0.6 is 31.9 Å². The number of rotatable bonds is 2. The maximum absolute atomic E-state index is 12.6. The highest BCUT2D eigenvalue weighted by atomic mass is 79.9. The molecule has 0 aromatic heterocycles. The molecular weight excluding hydrogens is 390 g/mol. The molecule has 0 aromatic rings. The molecule has 0 radical (unpaired) electrons. The van der Waals surface area contributed by atoms with E-state index in [1.54, 1.807) is 0 Å². The number of likely N-dealkylation sites (tertiary alicyclic amines) is 1. The number of halogens is 2. The Morgan fingerprint density at radius 1 is 1.10 bits per heavy atom. The van der Waals surface area contributed by atoms with E-state index in [9.17, 15) is 9.59 Å². The van der Waals surface area contributed by atoms with E-state index in [0.717, 1.165) is 25.9 Å². The van der Waals surface area contributed by atoms with Crippen LogP contribution in [-0.2, 0) is 14.3 Å². The Hall–Kier alpha value is 0.0600. The van der Waals surface area contributed by atoms with E-state index in [2.05, 4.69) is 31.9 Å². The first-order valence-electron chi connectivity index (χ1n) is 7.34. The van der Waals surface area contributed by atoms with Gasteiger partial charge in [-0.15, -0.1) is 0 Å². The van der Waals surface area contributed by atoms with Gasteiger partial charge in [-0.25, -0.2) is 0 Å². The molecule has 2 bridgehead atoms. The summed E-state index contributed by atoms with van der Waals surface area (Å²) in [5.74, 6) is 0.526. The van der Waals surface area contributed by atoms with Crippen molar-refractivity contribution in [3.8, 4) is 0 Å². The summed E-state index contributed by atoms with van der Waals surface area (Å²) in [4.78, 5) is 27.4. The third-order valence-electron chi connectivity index (χ3n) is 5.49. The Morgan fingerprint density at radius 2 is 1.70 bits per heavy atom. The molecule has 0 N–H and O–H groups in total. The second kappa shape index (κ2) is 4.78. The first-order chi connectivity index (χ1) is 9.59. The summed E-state index contributed by atoms with van der Waals surface area (Å²) in [6.45, 7) is 1.22. The Kier molecular flexibility index (Phi) is 3.28. The summed E-state index contributed by atoms with van der Waals surface area (Å²) < 4.78 is 5.58. The lowest BCUT2D eigenvalue weighted by molar-refractivity contribution is -0.142. The topological polar surface area (TPSA) is 46.6 Å². The van der Waals surface area contributed by atoms with Gasteiger partial charge in [-0.2, -0.15) is 0 Å². The fourth-order valence-corrected chi connectivity index (χ4v) is 6.46. The van der Waals surface area contributed by atoms with E-state index in [4.69, 9.17) is 4.74 Å². The summed E-state index contributed by atoms with van der Waals surface area (Å²) >= 11 is 7.40. The van der Waals surface area contributed by atoms with Crippen molar-refractivity contribution in [1.82, 2.24) is 4.90 Å². The average Bonchev–Trinajstić information content (AvgIpc) is 3.15. The number of hydrogen-bond donors (Lipinski definition) is 0. The monoisotopic (exact) mass is 405 g/mol. The number of carbonyl (C=O) groups is 2. The highest BCUT2D eigenvalue weighted by Crippen LogP contribution is 2.60. The molecule has 4 aliphatic rings. The number of amides is 2. The predicted molar refractivity (Wildman–Crippen MR) is 79.7 cm³/mol. The fourth-order valence-electron chi connectivity index (χ4n) is 4.58. The predicted octanol–water partition coefficient (Wildman–Crippen LogP) is 1.94. The lowest BCUT2D eigenvalue weighted by Gasteiger charge is -2.28. The van der Waals surface area contributed by atoms with Gasteiger partial charge in [-0.05, 0) is 31.1 Å². The largest absolute Gasteiger partial charge is 0.376 e. The molecular formula is C14H17Br2NO3. The van der Waals surface area contributed by atoms with Gasteiger partial charge in [0.25, 0.3) is 0 Å². The summed E-state index contributed by atoms with van der Waals surface area (Å²) in [5.41, 5.74) is 0. The van der Waals surface area contributed by atoms with Crippen LogP contribution in [0.5, 0.6) is 0 Å². The van der Waals surface area contributed by atoms with Crippen LogP contribution in [0.2, 0.25) is 0 Å². The van der Waals surface area contributed by atoms with Crippen molar-refractivity contribution in [2.24, 2.45) is 23.7 Å². The molecule has 20 heavy (non-hydrogen) atoms. The van der Waals surface area contributed by atoms with Gasteiger partial charge in [-0.1, -0.05) is 31.9 Å². The molecule has 2 heterocycles. The van der Waals surface area contributed by atoms with Gasteiger partial charge in [0.15, 0.2) is 0 Å². The minimum Gasteiger partial charge on any atom is -0.376 e. The van der Waals surface area contributed by atoms with Gasteiger partial charge in [0.05, 0.1) is 24.5 Å². The van der Waals surface area contributed by atoms with Crippen molar-refractivity contribution in [3.05, 3.63) is 0 Å². The van der Waals surface area contributed by atoms with Crippen LogP contribution in [0.25, 0.3) is 0 Å². The Labute approximate surface area is 134 Å². The van der Waals surface area contributed by atoms with Crippen LogP contribution in [0, 0.1) is 23.7 Å². The highest BCUT2D eigenvalue weighted by molar-refractivity contribution is 9.12. The normalized spacial score (nSPS) is 50.3. The second-order valence-corrected chi connectivity index (χ2v) is 8.54. The Balaban J connectivity index is 1.57. The minimum atomic E-state index is -0.0907. The number of imide groups is 1. The molecule has 0 unspecified atom stereocenters. The van der Waals surface area contributed by atoms with Gasteiger partial charge in [0.2, 0.25) is 11.8 Å². The Morgan fingerprint density at radius 3 is 2.20 bits per heavy atom. The van der Waals surface area contributed by atoms with Gasteiger partial charge < -0.3 is 4.74 Å². The summed E-state index contributed by atoms with van der Waals surface area (Å²) in [6.07, 6.45) is 3.04. The number of fused-ring (bicyclic) bond motifs is 5. The van der Waals surface area contributed by atoms with Crippen molar-refractivity contribution in [3.63, 3.8) is 0 Å². The molecule has 0 spiro atoms. The van der Waals surface area contributed by atoms with Gasteiger partial charge in [0.1, 0.15) is 0 Å². The molecule has 110 valence electrons. The van der Waals surface area contributed by atoms with Crippen LogP contribution in [0.3, 0.4) is 0 Å². The molecule has 2 aliphatic heterocycles. The van der Waals surface area contributed by atoms with Crippen molar-refractivity contribution in [2.45, 2.75) is 35.0 Å². The lowest BCUT2D eigenvalue weighted by Crippen LogP contribution is -2.38. The molecule has 2 saturated carbocycles. The van der Waals surface area contributed by atoms with E-state index < -0.39 is 0 Å².